The number of aliphatic hydroxyl groups is 3. The highest BCUT2D eigenvalue weighted by molar-refractivity contribution is 7.67. The summed E-state index contributed by atoms with van der Waals surface area (Å²) in [6, 6.07) is 0. The normalized spacial score (nSPS) is 29.7. The molecule has 11 heteroatoms. The standard InChI is InChI=1S/C8H13O10P/c1-3-15-4-19(14)8(13,18-19)6(10)17-16-5(9)7(2,11)12/h11-13H,3-4H2,1-2H3. The Morgan fingerprint density at radius 2 is 1.95 bits per heavy atom. The molecule has 0 aromatic carbocycles. The first-order chi connectivity index (χ1) is 8.57. The van der Waals surface area contributed by atoms with Crippen LogP contribution in [-0.2, 0) is 33.2 Å². The van der Waals surface area contributed by atoms with Crippen LogP contribution in [0.5, 0.6) is 0 Å². The number of hydrogen-bond acceptors (Lipinski definition) is 10. The van der Waals surface area contributed by atoms with Crippen molar-refractivity contribution in [2.45, 2.75) is 25.2 Å². The molecule has 0 amide bonds. The second-order valence-electron chi connectivity index (χ2n) is 3.76. The molecule has 1 rings (SSSR count). The molecule has 2 unspecified atom stereocenters. The Morgan fingerprint density at radius 1 is 1.37 bits per heavy atom. The predicted molar refractivity (Wildman–Crippen MR) is 55.2 cm³/mol. The maximum atomic E-state index is 11.7. The zero-order valence-electron chi connectivity index (χ0n) is 10.1. The molecule has 2 atom stereocenters. The van der Waals surface area contributed by atoms with Crippen molar-refractivity contribution < 1.29 is 48.5 Å². The molecule has 1 aliphatic rings. The van der Waals surface area contributed by atoms with Crippen LogP contribution in [0.2, 0.25) is 0 Å². The fourth-order valence-electron chi connectivity index (χ4n) is 0.896. The molecule has 0 radical (unpaired) electrons. The van der Waals surface area contributed by atoms with Gasteiger partial charge in [-0.25, -0.2) is 19.4 Å². The van der Waals surface area contributed by atoms with E-state index in [1.165, 1.54) is 0 Å². The number of ether oxygens (including phenoxy) is 1. The second-order valence-corrected chi connectivity index (χ2v) is 6.15. The average molecular weight is 300 g/mol. The number of carbonyl (C=O) groups is 2. The van der Waals surface area contributed by atoms with E-state index in [4.69, 9.17) is 14.9 Å². The van der Waals surface area contributed by atoms with Gasteiger partial charge in [-0.3, -0.25) is 9.09 Å². The molecule has 1 fully saturated rings. The summed E-state index contributed by atoms with van der Waals surface area (Å²) in [6.45, 7) is 2.43. The van der Waals surface area contributed by atoms with Crippen LogP contribution in [0.4, 0.5) is 0 Å². The fraction of sp³-hybridized carbons (Fsp3) is 0.750. The monoisotopic (exact) mass is 300 g/mol. The Morgan fingerprint density at radius 3 is 2.42 bits per heavy atom. The molecule has 0 aromatic heterocycles. The molecule has 1 heterocycles. The summed E-state index contributed by atoms with van der Waals surface area (Å²) in [5.74, 6) is -6.25. The zero-order valence-corrected chi connectivity index (χ0v) is 11.0. The van der Waals surface area contributed by atoms with Crippen LogP contribution in [0.25, 0.3) is 0 Å². The van der Waals surface area contributed by atoms with E-state index in [-0.39, 0.29) is 6.61 Å². The average Bonchev–Trinajstić information content (AvgIpc) is 2.86. The Labute approximate surface area is 107 Å². The van der Waals surface area contributed by atoms with Gasteiger partial charge in [0.1, 0.15) is 6.35 Å². The van der Waals surface area contributed by atoms with E-state index in [2.05, 4.69) is 14.3 Å². The summed E-state index contributed by atoms with van der Waals surface area (Å²) < 4.78 is 20.8. The molecule has 0 aliphatic carbocycles. The van der Waals surface area contributed by atoms with Gasteiger partial charge in [0.2, 0.25) is 0 Å². The van der Waals surface area contributed by atoms with Gasteiger partial charge >= 0.3 is 24.8 Å². The van der Waals surface area contributed by atoms with Crippen molar-refractivity contribution in [1.82, 2.24) is 0 Å². The lowest BCUT2D eigenvalue weighted by molar-refractivity contribution is -0.293. The van der Waals surface area contributed by atoms with E-state index >= 15 is 0 Å². The topological polar surface area (TPSA) is 152 Å². The highest BCUT2D eigenvalue weighted by Crippen LogP contribution is 2.76. The van der Waals surface area contributed by atoms with Gasteiger partial charge in [-0.2, -0.15) is 0 Å². The lowest BCUT2D eigenvalue weighted by Crippen LogP contribution is -2.38. The Kier molecular flexibility index (Phi) is 4.35. The first kappa shape index (κ1) is 16.0. The molecule has 110 valence electrons. The first-order valence-corrected chi connectivity index (χ1v) is 6.86. The van der Waals surface area contributed by atoms with E-state index < -0.39 is 37.0 Å². The summed E-state index contributed by atoms with van der Waals surface area (Å²) in [4.78, 5) is 29.7. The molecule has 0 saturated carbocycles. The summed E-state index contributed by atoms with van der Waals surface area (Å²) >= 11 is 0. The van der Waals surface area contributed by atoms with Crippen molar-refractivity contribution in [1.29, 1.82) is 0 Å². The van der Waals surface area contributed by atoms with Crippen LogP contribution in [0.3, 0.4) is 0 Å². The molecule has 1 saturated heterocycles. The number of hydrogen-bond donors (Lipinski definition) is 3. The Hall–Kier alpha value is -1.03. The van der Waals surface area contributed by atoms with Gasteiger partial charge in [0, 0.05) is 13.5 Å². The highest BCUT2D eigenvalue weighted by atomic mass is 31.2. The van der Waals surface area contributed by atoms with Crippen molar-refractivity contribution in [3.05, 3.63) is 0 Å². The first-order valence-electron chi connectivity index (χ1n) is 5.05. The molecular formula is C8H13O10P. The van der Waals surface area contributed by atoms with Gasteiger partial charge in [-0.05, 0) is 6.92 Å². The highest BCUT2D eigenvalue weighted by Gasteiger charge is 2.76. The lowest BCUT2D eigenvalue weighted by atomic mass is 10.3. The maximum absolute atomic E-state index is 11.7. The molecule has 3 N–H and O–H groups in total. The van der Waals surface area contributed by atoms with E-state index in [1.54, 1.807) is 6.92 Å². The minimum Gasteiger partial charge on any atom is -0.371 e. The summed E-state index contributed by atoms with van der Waals surface area (Å²) in [6.07, 6.45) is -0.513. The van der Waals surface area contributed by atoms with Crippen LogP contribution < -0.4 is 0 Å². The molecule has 0 bridgehead atoms. The van der Waals surface area contributed by atoms with Gasteiger partial charge in [0.05, 0.1) is 0 Å². The lowest BCUT2D eigenvalue weighted by Gasteiger charge is -2.12. The smallest absolute Gasteiger partial charge is 0.371 e. The van der Waals surface area contributed by atoms with Crippen LogP contribution in [0, 0.1) is 0 Å². The largest absolute Gasteiger partial charge is 0.425 e. The minimum atomic E-state index is -3.77. The zero-order chi connectivity index (χ0) is 14.9. The van der Waals surface area contributed by atoms with E-state index in [1.807, 2.05) is 0 Å². The van der Waals surface area contributed by atoms with Gasteiger partial charge in [-0.15, -0.1) is 0 Å². The molecular weight excluding hydrogens is 287 g/mol. The van der Waals surface area contributed by atoms with Crippen molar-refractivity contribution in [3.63, 3.8) is 0 Å². The van der Waals surface area contributed by atoms with Crippen LogP contribution in [0.1, 0.15) is 13.8 Å². The molecule has 0 aromatic rings. The van der Waals surface area contributed by atoms with Crippen molar-refractivity contribution in [2.75, 3.05) is 13.0 Å². The quantitative estimate of drug-likeness (QED) is 0.182. The van der Waals surface area contributed by atoms with Crippen LogP contribution in [-0.4, -0.2) is 51.5 Å². The fourth-order valence-corrected chi connectivity index (χ4v) is 2.58. The summed E-state index contributed by atoms with van der Waals surface area (Å²) in [5.41, 5.74) is -2.75. The Balaban J connectivity index is 2.52. The van der Waals surface area contributed by atoms with E-state index in [0.717, 1.165) is 0 Å². The van der Waals surface area contributed by atoms with E-state index in [9.17, 15) is 19.3 Å². The minimum absolute atomic E-state index is 0.181. The SMILES string of the molecule is CCOCP1(=O)OC1(O)C(=O)OOC(=O)C(C)(O)O. The number of carbonyl (C=O) groups excluding carboxylic acids is 2. The third-order valence-corrected chi connectivity index (χ3v) is 4.13. The van der Waals surface area contributed by atoms with Crippen LogP contribution >= 0.6 is 7.37 Å². The third kappa shape index (κ3) is 3.30. The van der Waals surface area contributed by atoms with Gasteiger partial charge in [0.15, 0.2) is 0 Å². The third-order valence-electron chi connectivity index (χ3n) is 2.02. The van der Waals surface area contributed by atoms with Gasteiger partial charge < -0.3 is 20.1 Å². The molecule has 19 heavy (non-hydrogen) atoms. The molecule has 1 aliphatic heterocycles. The van der Waals surface area contributed by atoms with Crippen molar-refractivity contribution >= 4 is 19.3 Å². The summed E-state index contributed by atoms with van der Waals surface area (Å²) in [7, 11) is -3.77. The Bertz CT molecular complexity index is 426. The summed E-state index contributed by atoms with van der Waals surface area (Å²) in [5, 5.41) is 27.0. The van der Waals surface area contributed by atoms with Gasteiger partial charge in [0.25, 0.3) is 5.79 Å². The predicted octanol–water partition coefficient (Wildman–Crippen LogP) is -1.36. The van der Waals surface area contributed by atoms with E-state index in [0.29, 0.717) is 6.92 Å². The number of rotatable bonds is 5. The van der Waals surface area contributed by atoms with Gasteiger partial charge in [-0.1, -0.05) is 0 Å². The van der Waals surface area contributed by atoms with Crippen LogP contribution in [0.15, 0.2) is 0 Å². The molecule has 10 nitrogen and oxygen atoms in total. The van der Waals surface area contributed by atoms with Crippen molar-refractivity contribution in [3.8, 4) is 0 Å². The maximum Gasteiger partial charge on any atom is 0.425 e. The molecule has 0 spiro atoms. The van der Waals surface area contributed by atoms with Crippen molar-refractivity contribution in [2.24, 2.45) is 0 Å². The second kappa shape index (κ2) is 5.16.